The SMILES string of the molecule is CCCNc1cc(OCCCc2ccccc2)ccn1. The molecule has 0 amide bonds. The highest BCUT2D eigenvalue weighted by Crippen LogP contribution is 2.15. The zero-order valence-electron chi connectivity index (χ0n) is 12.0. The minimum atomic E-state index is 0.728. The van der Waals surface area contributed by atoms with Crippen molar-refractivity contribution in [1.82, 2.24) is 4.98 Å². The van der Waals surface area contributed by atoms with Crippen LogP contribution in [0.3, 0.4) is 0 Å². The number of hydrogen-bond donors (Lipinski definition) is 1. The molecular weight excluding hydrogens is 248 g/mol. The van der Waals surface area contributed by atoms with Crippen molar-refractivity contribution < 1.29 is 4.74 Å². The summed E-state index contributed by atoms with van der Waals surface area (Å²) in [6.07, 6.45) is 4.94. The lowest BCUT2D eigenvalue weighted by molar-refractivity contribution is 0.311. The van der Waals surface area contributed by atoms with Crippen LogP contribution in [0.25, 0.3) is 0 Å². The molecule has 0 saturated heterocycles. The number of pyridine rings is 1. The van der Waals surface area contributed by atoms with E-state index < -0.39 is 0 Å². The first-order valence-electron chi connectivity index (χ1n) is 7.25. The molecule has 0 bridgehead atoms. The third-order valence-corrected chi connectivity index (χ3v) is 3.01. The number of aryl methyl sites for hydroxylation is 1. The van der Waals surface area contributed by atoms with Gasteiger partial charge in [-0.2, -0.15) is 0 Å². The number of aromatic nitrogens is 1. The van der Waals surface area contributed by atoms with Crippen molar-refractivity contribution in [3.63, 3.8) is 0 Å². The van der Waals surface area contributed by atoms with E-state index in [1.807, 2.05) is 18.2 Å². The molecule has 1 aromatic carbocycles. The number of nitrogens with zero attached hydrogens (tertiary/aromatic N) is 1. The predicted octanol–water partition coefficient (Wildman–Crippen LogP) is 3.92. The summed E-state index contributed by atoms with van der Waals surface area (Å²) < 4.78 is 5.77. The summed E-state index contributed by atoms with van der Waals surface area (Å²) in [6.45, 7) is 3.80. The summed E-state index contributed by atoms with van der Waals surface area (Å²) in [4.78, 5) is 4.26. The summed E-state index contributed by atoms with van der Waals surface area (Å²) >= 11 is 0. The summed E-state index contributed by atoms with van der Waals surface area (Å²) in [5.41, 5.74) is 1.36. The van der Waals surface area contributed by atoms with Gasteiger partial charge < -0.3 is 10.1 Å². The minimum Gasteiger partial charge on any atom is -0.493 e. The number of rotatable bonds is 8. The lowest BCUT2D eigenvalue weighted by Crippen LogP contribution is -2.03. The maximum absolute atomic E-state index is 5.77. The van der Waals surface area contributed by atoms with Gasteiger partial charge in [-0.1, -0.05) is 37.3 Å². The van der Waals surface area contributed by atoms with Crippen LogP contribution in [-0.2, 0) is 6.42 Å². The first-order valence-corrected chi connectivity index (χ1v) is 7.25. The number of anilines is 1. The second kappa shape index (κ2) is 8.20. The van der Waals surface area contributed by atoms with Crippen molar-refractivity contribution in [2.24, 2.45) is 0 Å². The summed E-state index contributed by atoms with van der Waals surface area (Å²) in [5, 5.41) is 3.26. The van der Waals surface area contributed by atoms with Crippen molar-refractivity contribution in [2.45, 2.75) is 26.2 Å². The van der Waals surface area contributed by atoms with Gasteiger partial charge in [0.25, 0.3) is 0 Å². The van der Waals surface area contributed by atoms with Gasteiger partial charge in [-0.05, 0) is 30.9 Å². The van der Waals surface area contributed by atoms with Gasteiger partial charge in [-0.3, -0.25) is 0 Å². The maximum atomic E-state index is 5.77. The highest BCUT2D eigenvalue weighted by molar-refractivity contribution is 5.40. The zero-order valence-corrected chi connectivity index (χ0v) is 12.0. The Balaban J connectivity index is 1.73. The fourth-order valence-electron chi connectivity index (χ4n) is 1.96. The van der Waals surface area contributed by atoms with Crippen LogP contribution in [0.5, 0.6) is 5.75 Å². The van der Waals surface area contributed by atoms with E-state index in [2.05, 4.69) is 41.5 Å². The molecule has 2 rings (SSSR count). The van der Waals surface area contributed by atoms with Gasteiger partial charge in [0.15, 0.2) is 0 Å². The summed E-state index contributed by atoms with van der Waals surface area (Å²) in [5.74, 6) is 1.76. The lowest BCUT2D eigenvalue weighted by Gasteiger charge is -2.08. The Morgan fingerprint density at radius 2 is 2.00 bits per heavy atom. The summed E-state index contributed by atoms with van der Waals surface area (Å²) in [6, 6.07) is 14.4. The van der Waals surface area contributed by atoms with Gasteiger partial charge in [0, 0.05) is 18.8 Å². The average Bonchev–Trinajstić information content (AvgIpc) is 2.51. The molecule has 0 fully saturated rings. The van der Waals surface area contributed by atoms with Crippen LogP contribution in [-0.4, -0.2) is 18.1 Å². The van der Waals surface area contributed by atoms with Crippen molar-refractivity contribution in [2.75, 3.05) is 18.5 Å². The fourth-order valence-corrected chi connectivity index (χ4v) is 1.96. The van der Waals surface area contributed by atoms with Gasteiger partial charge >= 0.3 is 0 Å². The molecule has 0 atom stereocenters. The molecule has 0 aliphatic carbocycles. The Kier molecular flexibility index (Phi) is 5.90. The summed E-state index contributed by atoms with van der Waals surface area (Å²) in [7, 11) is 0. The maximum Gasteiger partial charge on any atom is 0.129 e. The first-order chi connectivity index (χ1) is 9.88. The molecule has 3 nitrogen and oxygen atoms in total. The molecule has 3 heteroatoms. The molecule has 1 heterocycles. The molecule has 1 N–H and O–H groups in total. The topological polar surface area (TPSA) is 34.1 Å². The molecule has 0 radical (unpaired) electrons. The number of ether oxygens (including phenoxy) is 1. The largest absolute Gasteiger partial charge is 0.493 e. The number of hydrogen-bond acceptors (Lipinski definition) is 3. The Labute approximate surface area is 121 Å². The van der Waals surface area contributed by atoms with E-state index in [0.717, 1.165) is 44.0 Å². The van der Waals surface area contributed by atoms with Crippen molar-refractivity contribution >= 4 is 5.82 Å². The van der Waals surface area contributed by atoms with Crippen LogP contribution < -0.4 is 10.1 Å². The first kappa shape index (κ1) is 14.4. The van der Waals surface area contributed by atoms with E-state index in [4.69, 9.17) is 4.74 Å². The van der Waals surface area contributed by atoms with Crippen LogP contribution in [0, 0.1) is 0 Å². The van der Waals surface area contributed by atoms with E-state index in [9.17, 15) is 0 Å². The van der Waals surface area contributed by atoms with Gasteiger partial charge in [-0.25, -0.2) is 4.98 Å². The van der Waals surface area contributed by atoms with Gasteiger partial charge in [0.05, 0.1) is 6.61 Å². The standard InChI is InChI=1S/C17H22N2O/c1-2-11-18-17-14-16(10-12-19-17)20-13-6-9-15-7-4-3-5-8-15/h3-5,7-8,10,12,14H,2,6,9,11,13H2,1H3,(H,18,19). The molecule has 0 unspecified atom stereocenters. The lowest BCUT2D eigenvalue weighted by atomic mass is 10.1. The fraction of sp³-hybridized carbons (Fsp3) is 0.353. The minimum absolute atomic E-state index is 0.728. The Morgan fingerprint density at radius 3 is 2.80 bits per heavy atom. The highest BCUT2D eigenvalue weighted by Gasteiger charge is 1.98. The molecular formula is C17H22N2O. The van der Waals surface area contributed by atoms with Crippen LogP contribution in [0.15, 0.2) is 48.7 Å². The number of benzene rings is 1. The van der Waals surface area contributed by atoms with Crippen LogP contribution >= 0.6 is 0 Å². The van der Waals surface area contributed by atoms with E-state index in [1.54, 1.807) is 6.20 Å². The molecule has 20 heavy (non-hydrogen) atoms. The molecule has 106 valence electrons. The Hall–Kier alpha value is -2.03. The highest BCUT2D eigenvalue weighted by atomic mass is 16.5. The van der Waals surface area contributed by atoms with Crippen LogP contribution in [0.2, 0.25) is 0 Å². The van der Waals surface area contributed by atoms with E-state index >= 15 is 0 Å². The second-order valence-electron chi connectivity index (χ2n) is 4.74. The van der Waals surface area contributed by atoms with Gasteiger partial charge in [0.2, 0.25) is 0 Å². The molecule has 0 aliphatic rings. The van der Waals surface area contributed by atoms with E-state index in [1.165, 1.54) is 5.56 Å². The normalized spacial score (nSPS) is 10.2. The monoisotopic (exact) mass is 270 g/mol. The predicted molar refractivity (Wildman–Crippen MR) is 83.3 cm³/mol. The van der Waals surface area contributed by atoms with Crippen molar-refractivity contribution in [3.8, 4) is 5.75 Å². The van der Waals surface area contributed by atoms with Crippen LogP contribution in [0.1, 0.15) is 25.3 Å². The van der Waals surface area contributed by atoms with Gasteiger partial charge in [-0.15, -0.1) is 0 Å². The smallest absolute Gasteiger partial charge is 0.129 e. The van der Waals surface area contributed by atoms with Crippen molar-refractivity contribution in [1.29, 1.82) is 0 Å². The van der Waals surface area contributed by atoms with E-state index in [0.29, 0.717) is 0 Å². The third-order valence-electron chi connectivity index (χ3n) is 3.01. The Bertz CT molecular complexity index is 499. The van der Waals surface area contributed by atoms with E-state index in [-0.39, 0.29) is 0 Å². The average molecular weight is 270 g/mol. The quantitative estimate of drug-likeness (QED) is 0.738. The molecule has 0 aliphatic heterocycles. The molecule has 2 aromatic rings. The second-order valence-corrected chi connectivity index (χ2v) is 4.74. The van der Waals surface area contributed by atoms with Crippen LogP contribution in [0.4, 0.5) is 5.82 Å². The van der Waals surface area contributed by atoms with Crippen molar-refractivity contribution in [3.05, 3.63) is 54.2 Å². The molecule has 0 spiro atoms. The Morgan fingerprint density at radius 1 is 1.15 bits per heavy atom. The van der Waals surface area contributed by atoms with Gasteiger partial charge in [0.1, 0.15) is 11.6 Å². The zero-order chi connectivity index (χ0) is 14.0. The molecule has 1 aromatic heterocycles. The third kappa shape index (κ3) is 4.92. The number of nitrogens with one attached hydrogen (secondary N) is 1. The molecule has 0 saturated carbocycles.